The number of carbonyl (C=O) groups is 1. The van der Waals surface area contributed by atoms with Crippen molar-refractivity contribution in [2.45, 2.75) is 6.42 Å². The number of thiazole rings is 1. The molecule has 0 aliphatic heterocycles. The van der Waals surface area contributed by atoms with Crippen LogP contribution in [0.15, 0.2) is 34.9 Å². The van der Waals surface area contributed by atoms with Crippen LogP contribution in [-0.2, 0) is 11.2 Å². The number of halogens is 1. The van der Waals surface area contributed by atoms with Crippen LogP contribution in [0.5, 0.6) is 0 Å². The molecule has 20 heavy (non-hydrogen) atoms. The number of hydrogen-bond donors (Lipinski definition) is 2. The second-order valence-electron chi connectivity index (χ2n) is 3.89. The van der Waals surface area contributed by atoms with Gasteiger partial charge >= 0.3 is 0 Å². The van der Waals surface area contributed by atoms with Crippen LogP contribution in [0.1, 0.15) is 10.4 Å². The fraction of sp³-hybridized carbons (Fsp3) is 0.143. The second kappa shape index (κ2) is 7.20. The summed E-state index contributed by atoms with van der Waals surface area (Å²) in [6.07, 6.45) is 1.94. The summed E-state index contributed by atoms with van der Waals surface area (Å²) in [5.74, 6) is 5.53. The van der Waals surface area contributed by atoms with Gasteiger partial charge in [-0.1, -0.05) is 51.2 Å². The van der Waals surface area contributed by atoms with Crippen LogP contribution in [0.4, 0.5) is 5.13 Å². The number of nitrogens with zero attached hydrogens (tertiary/aromatic N) is 1. The van der Waals surface area contributed by atoms with Crippen molar-refractivity contribution in [3.63, 3.8) is 0 Å². The van der Waals surface area contributed by atoms with Crippen molar-refractivity contribution in [1.82, 2.24) is 4.98 Å². The second-order valence-corrected chi connectivity index (χ2v) is 5.84. The van der Waals surface area contributed by atoms with E-state index in [9.17, 15) is 4.79 Å². The smallest absolute Gasteiger partial charge is 0.230 e. The van der Waals surface area contributed by atoms with Gasteiger partial charge in [0.2, 0.25) is 5.91 Å². The summed E-state index contributed by atoms with van der Waals surface area (Å²) >= 11 is 4.71. The van der Waals surface area contributed by atoms with Crippen LogP contribution in [-0.4, -0.2) is 17.4 Å². The molecule has 3 N–H and O–H groups in total. The maximum atomic E-state index is 11.9. The normalized spacial score (nSPS) is 9.70. The van der Waals surface area contributed by atoms with E-state index in [0.29, 0.717) is 18.1 Å². The number of benzene rings is 1. The lowest BCUT2D eigenvalue weighted by molar-refractivity contribution is -0.115. The lowest BCUT2D eigenvalue weighted by Crippen LogP contribution is -2.14. The zero-order valence-electron chi connectivity index (χ0n) is 10.5. The molecule has 6 heteroatoms. The minimum Gasteiger partial charge on any atom is -0.320 e. The van der Waals surface area contributed by atoms with E-state index < -0.39 is 0 Å². The molecule has 1 aromatic carbocycles. The Morgan fingerprint density at radius 3 is 3.10 bits per heavy atom. The summed E-state index contributed by atoms with van der Waals surface area (Å²) in [6.45, 7) is 0.308. The molecule has 0 saturated carbocycles. The molecule has 2 rings (SSSR count). The Morgan fingerprint density at radius 1 is 1.50 bits per heavy atom. The van der Waals surface area contributed by atoms with Gasteiger partial charge in [-0.25, -0.2) is 4.98 Å². The van der Waals surface area contributed by atoms with E-state index in [-0.39, 0.29) is 5.91 Å². The van der Waals surface area contributed by atoms with Crippen LogP contribution in [0, 0.1) is 11.8 Å². The van der Waals surface area contributed by atoms with E-state index in [4.69, 9.17) is 5.73 Å². The molecule has 0 spiro atoms. The minimum absolute atomic E-state index is 0.101. The zero-order chi connectivity index (χ0) is 14.4. The fourth-order valence-electron chi connectivity index (χ4n) is 1.52. The lowest BCUT2D eigenvalue weighted by Gasteiger charge is -2.02. The third-order valence-corrected chi connectivity index (χ3v) is 3.64. The standard InChI is InChI=1S/C14H12BrN3OS/c15-11-4-1-3-10(7-11)8-13(19)18-14-17-9-12(20-14)5-2-6-16/h1,3-4,7,9H,6,8,16H2,(H,17,18,19). The molecular formula is C14H12BrN3OS. The monoisotopic (exact) mass is 349 g/mol. The first-order valence-electron chi connectivity index (χ1n) is 5.86. The SMILES string of the molecule is NCC#Cc1cnc(NC(=O)Cc2cccc(Br)c2)s1. The number of anilines is 1. The van der Waals surface area contributed by atoms with E-state index in [2.05, 4.69) is 38.1 Å². The molecule has 2 aromatic rings. The van der Waals surface area contributed by atoms with Crippen molar-refractivity contribution in [2.75, 3.05) is 11.9 Å². The minimum atomic E-state index is -0.101. The van der Waals surface area contributed by atoms with Gasteiger partial charge in [-0.05, 0) is 17.7 Å². The molecule has 0 radical (unpaired) electrons. The largest absolute Gasteiger partial charge is 0.320 e. The Hall–Kier alpha value is -1.68. The van der Waals surface area contributed by atoms with Crippen molar-refractivity contribution in [1.29, 1.82) is 0 Å². The molecule has 1 aromatic heterocycles. The third-order valence-electron chi connectivity index (χ3n) is 2.32. The van der Waals surface area contributed by atoms with Crippen molar-refractivity contribution in [3.8, 4) is 11.8 Å². The molecule has 0 aliphatic carbocycles. The Bertz CT molecular complexity index is 672. The van der Waals surface area contributed by atoms with Crippen LogP contribution >= 0.6 is 27.3 Å². The Kier molecular flexibility index (Phi) is 5.30. The molecule has 0 fully saturated rings. The Morgan fingerprint density at radius 2 is 2.35 bits per heavy atom. The number of nitrogens with one attached hydrogen (secondary N) is 1. The summed E-state index contributed by atoms with van der Waals surface area (Å²) < 4.78 is 0.955. The molecule has 0 unspecified atom stereocenters. The summed E-state index contributed by atoms with van der Waals surface area (Å²) in [4.78, 5) is 16.8. The average Bonchev–Trinajstić information content (AvgIpc) is 2.83. The van der Waals surface area contributed by atoms with Crippen LogP contribution in [0.3, 0.4) is 0 Å². The first-order chi connectivity index (χ1) is 9.67. The van der Waals surface area contributed by atoms with Crippen molar-refractivity contribution < 1.29 is 4.79 Å². The van der Waals surface area contributed by atoms with Crippen molar-refractivity contribution in [2.24, 2.45) is 5.73 Å². The number of hydrogen-bond acceptors (Lipinski definition) is 4. The zero-order valence-corrected chi connectivity index (χ0v) is 12.9. The van der Waals surface area contributed by atoms with Crippen molar-refractivity contribution >= 4 is 38.3 Å². The molecule has 0 aliphatic rings. The predicted molar refractivity (Wildman–Crippen MR) is 84.5 cm³/mol. The van der Waals surface area contributed by atoms with Gasteiger partial charge in [-0.2, -0.15) is 0 Å². The maximum absolute atomic E-state index is 11.9. The summed E-state index contributed by atoms with van der Waals surface area (Å²) in [5, 5.41) is 3.31. The quantitative estimate of drug-likeness (QED) is 0.836. The van der Waals surface area contributed by atoms with E-state index in [0.717, 1.165) is 14.9 Å². The highest BCUT2D eigenvalue weighted by atomic mass is 79.9. The van der Waals surface area contributed by atoms with Crippen molar-refractivity contribution in [3.05, 3.63) is 45.4 Å². The molecule has 4 nitrogen and oxygen atoms in total. The number of nitrogens with two attached hydrogens (primary N) is 1. The van der Waals surface area contributed by atoms with Crippen LogP contribution in [0.25, 0.3) is 0 Å². The summed E-state index contributed by atoms with van der Waals surface area (Å²) in [5.41, 5.74) is 6.24. The summed E-state index contributed by atoms with van der Waals surface area (Å²) in [6, 6.07) is 7.64. The molecule has 0 atom stereocenters. The van der Waals surface area contributed by atoms with Crippen LogP contribution < -0.4 is 11.1 Å². The Balaban J connectivity index is 1.96. The van der Waals surface area contributed by atoms with Gasteiger partial charge in [0.1, 0.15) is 0 Å². The number of carbonyl (C=O) groups excluding carboxylic acids is 1. The predicted octanol–water partition coefficient (Wildman–Crippen LogP) is 2.40. The number of rotatable bonds is 3. The van der Waals surface area contributed by atoms with Gasteiger partial charge in [-0.3, -0.25) is 4.79 Å². The van der Waals surface area contributed by atoms with Gasteiger partial charge in [0, 0.05) is 4.47 Å². The highest BCUT2D eigenvalue weighted by molar-refractivity contribution is 9.10. The topological polar surface area (TPSA) is 68.0 Å². The molecule has 1 heterocycles. The molecular weight excluding hydrogens is 338 g/mol. The molecule has 0 bridgehead atoms. The van der Waals surface area contributed by atoms with Gasteiger partial charge in [0.05, 0.1) is 24.0 Å². The third kappa shape index (κ3) is 4.46. The van der Waals surface area contributed by atoms with E-state index in [1.807, 2.05) is 24.3 Å². The first kappa shape index (κ1) is 14.7. The number of aromatic nitrogens is 1. The van der Waals surface area contributed by atoms with E-state index in [1.54, 1.807) is 6.20 Å². The van der Waals surface area contributed by atoms with Gasteiger partial charge < -0.3 is 11.1 Å². The highest BCUT2D eigenvalue weighted by Gasteiger charge is 2.07. The first-order valence-corrected chi connectivity index (χ1v) is 7.47. The maximum Gasteiger partial charge on any atom is 0.230 e. The van der Waals surface area contributed by atoms with E-state index >= 15 is 0 Å². The fourth-order valence-corrected chi connectivity index (χ4v) is 2.68. The van der Waals surface area contributed by atoms with Gasteiger partial charge in [0.25, 0.3) is 0 Å². The summed E-state index contributed by atoms with van der Waals surface area (Å²) in [7, 11) is 0. The van der Waals surface area contributed by atoms with Gasteiger partial charge in [0.15, 0.2) is 5.13 Å². The lowest BCUT2D eigenvalue weighted by atomic mass is 10.1. The average molecular weight is 350 g/mol. The van der Waals surface area contributed by atoms with Gasteiger partial charge in [-0.15, -0.1) is 0 Å². The van der Waals surface area contributed by atoms with Crippen LogP contribution in [0.2, 0.25) is 0 Å². The molecule has 1 amide bonds. The molecule has 0 saturated heterocycles. The number of amides is 1. The molecule has 102 valence electrons. The van der Waals surface area contributed by atoms with E-state index in [1.165, 1.54) is 11.3 Å². The highest BCUT2D eigenvalue weighted by Crippen LogP contribution is 2.18. The Labute approximate surface area is 129 Å².